The largest absolute Gasteiger partial charge is 0.508 e. The van der Waals surface area contributed by atoms with Gasteiger partial charge in [-0.3, -0.25) is 9.59 Å². The summed E-state index contributed by atoms with van der Waals surface area (Å²) < 4.78 is 0. The van der Waals surface area contributed by atoms with Crippen molar-refractivity contribution in [1.29, 1.82) is 0 Å². The zero-order valence-corrected chi connectivity index (χ0v) is 21.1. The zero-order chi connectivity index (χ0) is 25.6. The second-order valence-electron chi connectivity index (χ2n) is 11.8. The number of H-pyrrole nitrogens is 1. The fraction of sp³-hybridized carbons (Fsp3) is 0.467. The highest BCUT2D eigenvalue weighted by Gasteiger charge is 2.52. The van der Waals surface area contributed by atoms with Crippen molar-refractivity contribution in [2.24, 2.45) is 23.5 Å². The molecule has 7 rings (SSSR count). The number of nitrogens with one attached hydrogen (secondary N) is 3. The molecule has 7 nitrogen and oxygen atoms in total. The molecule has 4 aliphatic carbocycles. The van der Waals surface area contributed by atoms with Crippen molar-refractivity contribution in [3.63, 3.8) is 0 Å². The van der Waals surface area contributed by atoms with Crippen molar-refractivity contribution in [1.82, 2.24) is 15.6 Å². The molecule has 2 atom stereocenters. The van der Waals surface area contributed by atoms with Gasteiger partial charge in [0.25, 0.3) is 0 Å². The fourth-order valence-corrected chi connectivity index (χ4v) is 7.60. The molecule has 4 aliphatic rings. The zero-order valence-electron chi connectivity index (χ0n) is 21.1. The third-order valence-electron chi connectivity index (χ3n) is 8.89. The average molecular weight is 501 g/mol. The Labute approximate surface area is 217 Å². The Morgan fingerprint density at radius 2 is 1.59 bits per heavy atom. The minimum absolute atomic E-state index is 0.114. The van der Waals surface area contributed by atoms with Crippen LogP contribution in [0.5, 0.6) is 5.75 Å². The lowest BCUT2D eigenvalue weighted by Crippen LogP contribution is -2.63. The molecule has 7 heteroatoms. The molecule has 1 heterocycles. The molecule has 37 heavy (non-hydrogen) atoms. The summed E-state index contributed by atoms with van der Waals surface area (Å²) in [7, 11) is 0. The molecule has 194 valence electrons. The Balaban J connectivity index is 1.21. The first-order chi connectivity index (χ1) is 17.9. The molecule has 4 fully saturated rings. The Morgan fingerprint density at radius 1 is 0.946 bits per heavy atom. The minimum Gasteiger partial charge on any atom is -0.508 e. The second-order valence-corrected chi connectivity index (χ2v) is 11.8. The van der Waals surface area contributed by atoms with Crippen LogP contribution < -0.4 is 16.4 Å². The van der Waals surface area contributed by atoms with Crippen LogP contribution in [0.25, 0.3) is 10.9 Å². The molecule has 1 aromatic heterocycles. The average Bonchev–Trinajstić information content (AvgIpc) is 3.26. The lowest BCUT2D eigenvalue weighted by Gasteiger charge is -2.57. The van der Waals surface area contributed by atoms with Crippen LogP contribution in [0.4, 0.5) is 0 Å². The van der Waals surface area contributed by atoms with Gasteiger partial charge in [-0.1, -0.05) is 30.3 Å². The van der Waals surface area contributed by atoms with Crippen molar-refractivity contribution in [3.05, 3.63) is 65.9 Å². The van der Waals surface area contributed by atoms with E-state index in [9.17, 15) is 14.7 Å². The first-order valence-corrected chi connectivity index (χ1v) is 13.6. The number of aromatic hydroxyl groups is 1. The third-order valence-corrected chi connectivity index (χ3v) is 8.89. The number of phenols is 1. The summed E-state index contributed by atoms with van der Waals surface area (Å²) in [6, 6.07) is 13.2. The fourth-order valence-electron chi connectivity index (χ4n) is 7.60. The SMILES string of the molecule is N[C@@H](Cc1ccc(O)cc1)C(=O)N[C@H](Cc1c[nH]c2ccccc12)C(=O)NC12CC3CC(CC(C3)C1)C2. The van der Waals surface area contributed by atoms with E-state index in [0.717, 1.165) is 41.3 Å². The number of benzene rings is 2. The summed E-state index contributed by atoms with van der Waals surface area (Å²) in [6.45, 7) is 0. The Hall–Kier alpha value is -3.32. The molecule has 0 saturated heterocycles. The predicted molar refractivity (Wildman–Crippen MR) is 143 cm³/mol. The molecule has 2 aromatic carbocycles. The second kappa shape index (κ2) is 9.53. The molecular weight excluding hydrogens is 464 g/mol. The van der Waals surface area contributed by atoms with Gasteiger partial charge in [-0.25, -0.2) is 0 Å². The van der Waals surface area contributed by atoms with E-state index < -0.39 is 12.1 Å². The van der Waals surface area contributed by atoms with Gasteiger partial charge >= 0.3 is 0 Å². The van der Waals surface area contributed by atoms with Crippen LogP contribution in [-0.2, 0) is 22.4 Å². The van der Waals surface area contributed by atoms with Gasteiger partial charge in [0.1, 0.15) is 11.8 Å². The van der Waals surface area contributed by atoms with Gasteiger partial charge < -0.3 is 26.5 Å². The summed E-state index contributed by atoms with van der Waals surface area (Å²) >= 11 is 0. The maximum Gasteiger partial charge on any atom is 0.243 e. The molecule has 2 amide bonds. The van der Waals surface area contributed by atoms with Crippen LogP contribution in [0.15, 0.2) is 54.7 Å². The molecular formula is C30H36N4O3. The number of nitrogens with two attached hydrogens (primary N) is 1. The van der Waals surface area contributed by atoms with E-state index in [1.807, 2.05) is 30.5 Å². The van der Waals surface area contributed by atoms with Crippen LogP contribution in [-0.4, -0.2) is 39.5 Å². The number of hydrogen-bond donors (Lipinski definition) is 5. The minimum atomic E-state index is -0.803. The summed E-state index contributed by atoms with van der Waals surface area (Å²) in [5.74, 6) is 1.85. The van der Waals surface area contributed by atoms with E-state index in [0.29, 0.717) is 30.6 Å². The molecule has 0 aliphatic heterocycles. The number of fused-ring (bicyclic) bond motifs is 1. The standard InChI is InChI=1S/C30H36N4O3/c31-25(12-18-5-7-23(35)8-6-18)28(36)33-27(13-22-17-32-26-4-2-1-3-24(22)26)29(37)34-30-14-19-9-20(15-30)11-21(10-19)16-30/h1-8,17,19-21,25,27,32,35H,9-16,31H2,(H,33,36)(H,34,37)/t19?,20?,21?,25-,27+,30?/m0/s1. The van der Waals surface area contributed by atoms with Gasteiger partial charge in [-0.05, 0) is 92.0 Å². The Bertz CT molecular complexity index is 1260. The van der Waals surface area contributed by atoms with Crippen LogP contribution in [0.3, 0.4) is 0 Å². The number of para-hydroxylation sites is 1. The van der Waals surface area contributed by atoms with E-state index in [1.54, 1.807) is 24.3 Å². The molecule has 4 saturated carbocycles. The Morgan fingerprint density at radius 3 is 2.27 bits per heavy atom. The molecule has 4 bridgehead atoms. The first kappa shape index (κ1) is 24.0. The Kier molecular flexibility index (Phi) is 6.19. The van der Waals surface area contributed by atoms with Gasteiger partial charge in [-0.2, -0.15) is 0 Å². The van der Waals surface area contributed by atoms with Crippen LogP contribution in [0.2, 0.25) is 0 Å². The quantitative estimate of drug-likeness (QED) is 0.325. The molecule has 3 aromatic rings. The van der Waals surface area contributed by atoms with Gasteiger partial charge in [0.15, 0.2) is 0 Å². The van der Waals surface area contributed by atoms with Crippen LogP contribution in [0.1, 0.15) is 49.7 Å². The number of carbonyl (C=O) groups excluding carboxylic acids is 2. The smallest absolute Gasteiger partial charge is 0.243 e. The number of amides is 2. The monoisotopic (exact) mass is 500 g/mol. The van der Waals surface area contributed by atoms with E-state index in [2.05, 4.69) is 15.6 Å². The number of carbonyl (C=O) groups is 2. The van der Waals surface area contributed by atoms with E-state index in [-0.39, 0.29) is 23.1 Å². The topological polar surface area (TPSA) is 120 Å². The van der Waals surface area contributed by atoms with Crippen molar-refractivity contribution in [2.75, 3.05) is 0 Å². The van der Waals surface area contributed by atoms with Gasteiger partial charge in [0.2, 0.25) is 11.8 Å². The summed E-state index contributed by atoms with van der Waals surface area (Å²) in [5.41, 5.74) is 8.99. The number of aromatic nitrogens is 1. The number of hydrogen-bond acceptors (Lipinski definition) is 4. The van der Waals surface area contributed by atoms with Crippen molar-refractivity contribution in [3.8, 4) is 5.75 Å². The summed E-state index contributed by atoms with van der Waals surface area (Å²) in [6.07, 6.45) is 9.71. The first-order valence-electron chi connectivity index (χ1n) is 13.6. The van der Waals surface area contributed by atoms with Crippen LogP contribution in [0, 0.1) is 17.8 Å². The normalized spacial score (nSPS) is 27.6. The molecule has 0 unspecified atom stereocenters. The van der Waals surface area contributed by atoms with Gasteiger partial charge in [0.05, 0.1) is 6.04 Å². The number of phenolic OH excluding ortho intramolecular Hbond substituents is 1. The molecule has 0 spiro atoms. The molecule has 6 N–H and O–H groups in total. The van der Waals surface area contributed by atoms with E-state index in [1.165, 1.54) is 19.3 Å². The number of aromatic amines is 1. The third kappa shape index (κ3) is 4.97. The predicted octanol–water partition coefficient (Wildman–Crippen LogP) is 3.56. The highest BCUT2D eigenvalue weighted by Crippen LogP contribution is 2.55. The maximum absolute atomic E-state index is 13.8. The van der Waals surface area contributed by atoms with Crippen molar-refractivity contribution < 1.29 is 14.7 Å². The summed E-state index contributed by atoms with van der Waals surface area (Å²) in [4.78, 5) is 30.3. The highest BCUT2D eigenvalue weighted by molar-refractivity contribution is 5.91. The summed E-state index contributed by atoms with van der Waals surface area (Å²) in [5, 5.41) is 17.0. The van der Waals surface area contributed by atoms with Crippen molar-refractivity contribution in [2.45, 2.75) is 69.0 Å². The van der Waals surface area contributed by atoms with Gasteiger partial charge in [0, 0.05) is 29.1 Å². The maximum atomic E-state index is 13.8. The highest BCUT2D eigenvalue weighted by atomic mass is 16.3. The van der Waals surface area contributed by atoms with Crippen molar-refractivity contribution >= 4 is 22.7 Å². The van der Waals surface area contributed by atoms with Gasteiger partial charge in [-0.15, -0.1) is 0 Å². The van der Waals surface area contributed by atoms with E-state index in [4.69, 9.17) is 5.73 Å². The van der Waals surface area contributed by atoms with Crippen LogP contribution >= 0.6 is 0 Å². The van der Waals surface area contributed by atoms with E-state index >= 15 is 0 Å². The lowest BCUT2D eigenvalue weighted by molar-refractivity contribution is -0.133. The molecule has 0 radical (unpaired) electrons. The number of rotatable bonds is 8. The lowest BCUT2D eigenvalue weighted by atomic mass is 9.53.